The third kappa shape index (κ3) is 5.39. The summed E-state index contributed by atoms with van der Waals surface area (Å²) in [6.45, 7) is 3.30. The van der Waals surface area contributed by atoms with Crippen molar-refractivity contribution < 1.29 is 0 Å². The van der Waals surface area contributed by atoms with Crippen molar-refractivity contribution in [3.05, 3.63) is 66.0 Å². The number of pyridine rings is 1. The van der Waals surface area contributed by atoms with Gasteiger partial charge in [0.2, 0.25) is 0 Å². The highest BCUT2D eigenvalue weighted by atomic mass is 35.5. The van der Waals surface area contributed by atoms with Gasteiger partial charge in [-0.05, 0) is 17.7 Å². The fourth-order valence-corrected chi connectivity index (χ4v) is 1.96. The molecule has 2 N–H and O–H groups in total. The van der Waals surface area contributed by atoms with Gasteiger partial charge in [-0.1, -0.05) is 36.4 Å². The molecule has 0 saturated heterocycles. The molecule has 0 bridgehead atoms. The highest BCUT2D eigenvalue weighted by Gasteiger charge is 2.06. The summed E-state index contributed by atoms with van der Waals surface area (Å²) in [5.74, 6) is 0. The van der Waals surface area contributed by atoms with Crippen molar-refractivity contribution in [3.63, 3.8) is 0 Å². The molecule has 1 aromatic carbocycles. The summed E-state index contributed by atoms with van der Waals surface area (Å²) in [7, 11) is 0. The lowest BCUT2D eigenvalue weighted by Crippen LogP contribution is -2.29. The summed E-state index contributed by atoms with van der Waals surface area (Å²) < 4.78 is 0. The van der Waals surface area contributed by atoms with E-state index in [1.54, 1.807) is 0 Å². The van der Waals surface area contributed by atoms with Gasteiger partial charge < -0.3 is 5.73 Å². The topological polar surface area (TPSA) is 42.1 Å². The second-order valence-corrected chi connectivity index (χ2v) is 4.31. The molecule has 102 valence electrons. The van der Waals surface area contributed by atoms with Gasteiger partial charge in [0, 0.05) is 32.4 Å². The van der Waals surface area contributed by atoms with Crippen LogP contribution in [0.1, 0.15) is 11.3 Å². The van der Waals surface area contributed by atoms with Gasteiger partial charge >= 0.3 is 0 Å². The molecular weight excluding hydrogens is 258 g/mol. The molecule has 0 unspecified atom stereocenters. The molecule has 0 aliphatic carbocycles. The minimum atomic E-state index is 0. The average molecular weight is 278 g/mol. The zero-order chi connectivity index (χ0) is 12.6. The van der Waals surface area contributed by atoms with Crippen LogP contribution in [0.15, 0.2) is 54.7 Å². The molecule has 2 aromatic rings. The van der Waals surface area contributed by atoms with Gasteiger partial charge in [0.15, 0.2) is 0 Å². The lowest BCUT2D eigenvalue weighted by molar-refractivity contribution is 0.261. The van der Waals surface area contributed by atoms with E-state index in [0.29, 0.717) is 6.54 Å². The van der Waals surface area contributed by atoms with E-state index in [1.807, 2.05) is 24.4 Å². The molecule has 0 amide bonds. The Bertz CT molecular complexity index is 406. The molecule has 19 heavy (non-hydrogen) atoms. The Kier molecular flexibility index (Phi) is 7.11. The molecule has 0 aliphatic heterocycles. The maximum atomic E-state index is 5.67. The molecular formula is C15H20ClN3. The van der Waals surface area contributed by atoms with Gasteiger partial charge in [-0.3, -0.25) is 9.88 Å². The second kappa shape index (κ2) is 8.64. The molecule has 0 atom stereocenters. The van der Waals surface area contributed by atoms with E-state index in [9.17, 15) is 0 Å². The predicted octanol–water partition coefficient (Wildman–Crippen LogP) is 2.46. The number of nitrogens with zero attached hydrogens (tertiary/aromatic N) is 2. The highest BCUT2D eigenvalue weighted by Crippen LogP contribution is 2.07. The number of rotatable bonds is 6. The van der Waals surface area contributed by atoms with Crippen molar-refractivity contribution in [2.75, 3.05) is 13.1 Å². The molecule has 0 fully saturated rings. The zero-order valence-electron chi connectivity index (χ0n) is 10.9. The van der Waals surface area contributed by atoms with E-state index in [-0.39, 0.29) is 12.4 Å². The summed E-state index contributed by atoms with van der Waals surface area (Å²) in [6.07, 6.45) is 1.83. The Morgan fingerprint density at radius 3 is 2.32 bits per heavy atom. The Labute approximate surface area is 120 Å². The molecule has 3 nitrogen and oxygen atoms in total. The lowest BCUT2D eigenvalue weighted by atomic mass is 10.2. The number of aromatic nitrogens is 1. The first-order valence-electron chi connectivity index (χ1n) is 6.25. The minimum Gasteiger partial charge on any atom is -0.329 e. The van der Waals surface area contributed by atoms with Gasteiger partial charge in [-0.25, -0.2) is 0 Å². The molecule has 0 radical (unpaired) electrons. The summed E-state index contributed by atoms with van der Waals surface area (Å²) >= 11 is 0. The van der Waals surface area contributed by atoms with E-state index < -0.39 is 0 Å². The van der Waals surface area contributed by atoms with Crippen molar-refractivity contribution in [2.45, 2.75) is 13.1 Å². The van der Waals surface area contributed by atoms with Gasteiger partial charge in [0.1, 0.15) is 0 Å². The van der Waals surface area contributed by atoms with Crippen LogP contribution in [0.25, 0.3) is 0 Å². The molecule has 0 aliphatic rings. The molecule has 0 spiro atoms. The second-order valence-electron chi connectivity index (χ2n) is 4.31. The number of benzene rings is 1. The van der Waals surface area contributed by atoms with Crippen LogP contribution >= 0.6 is 12.4 Å². The van der Waals surface area contributed by atoms with Crippen molar-refractivity contribution in [2.24, 2.45) is 5.73 Å². The lowest BCUT2D eigenvalue weighted by Gasteiger charge is -2.21. The molecule has 2 rings (SSSR count). The Balaban J connectivity index is 0.00000180. The van der Waals surface area contributed by atoms with Crippen molar-refractivity contribution >= 4 is 12.4 Å². The first kappa shape index (κ1) is 15.6. The van der Waals surface area contributed by atoms with Gasteiger partial charge in [0.25, 0.3) is 0 Å². The normalized spacial score (nSPS) is 10.2. The van der Waals surface area contributed by atoms with Crippen LogP contribution in [-0.2, 0) is 13.1 Å². The number of halogens is 1. The summed E-state index contributed by atoms with van der Waals surface area (Å²) in [4.78, 5) is 6.68. The standard InChI is InChI=1S/C15H19N3.ClH/c16-9-11-18(12-14-6-2-1-3-7-14)13-15-8-4-5-10-17-15;/h1-8,10H,9,11-13,16H2;1H. The van der Waals surface area contributed by atoms with Crippen LogP contribution in [0.4, 0.5) is 0 Å². The first-order valence-corrected chi connectivity index (χ1v) is 6.25. The van der Waals surface area contributed by atoms with Gasteiger partial charge in [-0.15, -0.1) is 12.4 Å². The van der Waals surface area contributed by atoms with Crippen molar-refractivity contribution in [3.8, 4) is 0 Å². The number of hydrogen-bond acceptors (Lipinski definition) is 3. The van der Waals surface area contributed by atoms with Crippen LogP contribution in [0, 0.1) is 0 Å². The van der Waals surface area contributed by atoms with E-state index in [2.05, 4.69) is 40.2 Å². The summed E-state index contributed by atoms with van der Waals surface area (Å²) in [5.41, 5.74) is 8.07. The average Bonchev–Trinajstić information content (AvgIpc) is 2.41. The minimum absolute atomic E-state index is 0. The van der Waals surface area contributed by atoms with E-state index in [0.717, 1.165) is 25.3 Å². The van der Waals surface area contributed by atoms with Crippen LogP contribution in [0.2, 0.25) is 0 Å². The highest BCUT2D eigenvalue weighted by molar-refractivity contribution is 5.85. The fraction of sp³-hybridized carbons (Fsp3) is 0.267. The van der Waals surface area contributed by atoms with Gasteiger partial charge in [0.05, 0.1) is 5.69 Å². The van der Waals surface area contributed by atoms with Crippen LogP contribution in [-0.4, -0.2) is 23.0 Å². The Morgan fingerprint density at radius 1 is 0.947 bits per heavy atom. The molecule has 1 heterocycles. The van der Waals surface area contributed by atoms with Crippen LogP contribution in [0.5, 0.6) is 0 Å². The monoisotopic (exact) mass is 277 g/mol. The maximum absolute atomic E-state index is 5.67. The predicted molar refractivity (Wildman–Crippen MR) is 81.1 cm³/mol. The van der Waals surface area contributed by atoms with Crippen LogP contribution in [0.3, 0.4) is 0 Å². The van der Waals surface area contributed by atoms with E-state index in [4.69, 9.17) is 5.73 Å². The third-order valence-corrected chi connectivity index (χ3v) is 2.81. The van der Waals surface area contributed by atoms with Crippen LogP contribution < -0.4 is 5.73 Å². The van der Waals surface area contributed by atoms with Crippen molar-refractivity contribution in [1.29, 1.82) is 0 Å². The maximum Gasteiger partial charge on any atom is 0.0544 e. The SMILES string of the molecule is Cl.NCCN(Cc1ccccc1)Cc1ccccn1. The third-order valence-electron chi connectivity index (χ3n) is 2.81. The summed E-state index contributed by atoms with van der Waals surface area (Å²) in [6, 6.07) is 16.5. The summed E-state index contributed by atoms with van der Waals surface area (Å²) in [5, 5.41) is 0. The van der Waals surface area contributed by atoms with E-state index in [1.165, 1.54) is 5.56 Å². The quantitative estimate of drug-likeness (QED) is 0.882. The smallest absolute Gasteiger partial charge is 0.0544 e. The van der Waals surface area contributed by atoms with Gasteiger partial charge in [-0.2, -0.15) is 0 Å². The Morgan fingerprint density at radius 2 is 1.68 bits per heavy atom. The zero-order valence-corrected chi connectivity index (χ0v) is 11.7. The molecule has 1 aromatic heterocycles. The van der Waals surface area contributed by atoms with Crippen molar-refractivity contribution in [1.82, 2.24) is 9.88 Å². The fourth-order valence-electron chi connectivity index (χ4n) is 1.96. The number of hydrogen-bond donors (Lipinski definition) is 1. The molecule has 4 heteroatoms. The number of nitrogens with two attached hydrogens (primary N) is 1. The Hall–Kier alpha value is -1.42. The first-order chi connectivity index (χ1) is 8.88. The van der Waals surface area contributed by atoms with E-state index >= 15 is 0 Å². The molecule has 0 saturated carbocycles. The largest absolute Gasteiger partial charge is 0.329 e.